The molecule has 0 saturated carbocycles. The predicted octanol–water partition coefficient (Wildman–Crippen LogP) is 2.86. The third-order valence-corrected chi connectivity index (χ3v) is 4.78. The summed E-state index contributed by atoms with van der Waals surface area (Å²) in [6, 6.07) is 10.2. The SMILES string of the molecule is CCc1nnc(NCC(=O)N2CCCc3ccccc32)c(C#N)c1CC. The second-order valence-electron chi connectivity index (χ2n) is 6.30. The van der Waals surface area contributed by atoms with Crippen LogP contribution in [0.1, 0.15) is 42.7 Å². The van der Waals surface area contributed by atoms with Crippen LogP contribution >= 0.6 is 0 Å². The van der Waals surface area contributed by atoms with Crippen molar-refractivity contribution in [1.82, 2.24) is 10.2 Å². The van der Waals surface area contributed by atoms with Gasteiger partial charge in [0.15, 0.2) is 5.82 Å². The number of aryl methyl sites for hydroxylation is 2. The zero-order valence-corrected chi connectivity index (χ0v) is 15.2. The fourth-order valence-electron chi connectivity index (χ4n) is 3.46. The number of rotatable bonds is 5. The molecule has 6 heteroatoms. The number of para-hydroxylation sites is 1. The second kappa shape index (κ2) is 7.96. The minimum absolute atomic E-state index is 0.0274. The molecule has 2 heterocycles. The first kappa shape index (κ1) is 17.9. The topological polar surface area (TPSA) is 81.9 Å². The minimum atomic E-state index is -0.0274. The summed E-state index contributed by atoms with van der Waals surface area (Å²) in [4.78, 5) is 14.6. The largest absolute Gasteiger partial charge is 0.358 e. The van der Waals surface area contributed by atoms with Crippen LogP contribution in [0.15, 0.2) is 24.3 Å². The lowest BCUT2D eigenvalue weighted by molar-refractivity contribution is -0.117. The number of aromatic nitrogens is 2. The van der Waals surface area contributed by atoms with E-state index in [2.05, 4.69) is 27.6 Å². The van der Waals surface area contributed by atoms with Crippen molar-refractivity contribution in [2.24, 2.45) is 0 Å². The predicted molar refractivity (Wildman–Crippen MR) is 101 cm³/mol. The molecule has 0 spiro atoms. The molecule has 0 radical (unpaired) electrons. The van der Waals surface area contributed by atoms with E-state index in [9.17, 15) is 10.1 Å². The van der Waals surface area contributed by atoms with E-state index in [1.165, 1.54) is 5.56 Å². The third kappa shape index (κ3) is 3.38. The molecule has 134 valence electrons. The normalized spacial score (nSPS) is 13.0. The smallest absolute Gasteiger partial charge is 0.246 e. The molecule has 1 aliphatic heterocycles. The molecule has 6 nitrogen and oxygen atoms in total. The molecule has 0 bridgehead atoms. The zero-order valence-electron chi connectivity index (χ0n) is 15.2. The summed E-state index contributed by atoms with van der Waals surface area (Å²) in [5.74, 6) is 0.362. The zero-order chi connectivity index (χ0) is 18.5. The molecule has 3 rings (SSSR count). The molecule has 0 atom stereocenters. The maximum Gasteiger partial charge on any atom is 0.246 e. The van der Waals surface area contributed by atoms with Gasteiger partial charge < -0.3 is 10.2 Å². The summed E-state index contributed by atoms with van der Waals surface area (Å²) in [6.45, 7) is 4.79. The highest BCUT2D eigenvalue weighted by Gasteiger charge is 2.22. The van der Waals surface area contributed by atoms with Crippen LogP contribution in [0.2, 0.25) is 0 Å². The van der Waals surface area contributed by atoms with Crippen molar-refractivity contribution in [3.05, 3.63) is 46.6 Å². The minimum Gasteiger partial charge on any atom is -0.358 e. The van der Waals surface area contributed by atoms with Crippen molar-refractivity contribution >= 4 is 17.4 Å². The number of fused-ring (bicyclic) bond motifs is 1. The highest BCUT2D eigenvalue weighted by molar-refractivity contribution is 5.97. The lowest BCUT2D eigenvalue weighted by Crippen LogP contribution is -2.39. The van der Waals surface area contributed by atoms with Crippen LogP contribution in [-0.4, -0.2) is 29.2 Å². The molecule has 0 aliphatic carbocycles. The number of carbonyl (C=O) groups is 1. The van der Waals surface area contributed by atoms with Gasteiger partial charge in [0.05, 0.1) is 12.2 Å². The van der Waals surface area contributed by atoms with Crippen LogP contribution < -0.4 is 10.2 Å². The van der Waals surface area contributed by atoms with Crippen molar-refractivity contribution in [2.45, 2.75) is 39.5 Å². The number of carbonyl (C=O) groups excluding carboxylic acids is 1. The fourth-order valence-corrected chi connectivity index (χ4v) is 3.46. The van der Waals surface area contributed by atoms with E-state index in [-0.39, 0.29) is 12.5 Å². The van der Waals surface area contributed by atoms with E-state index < -0.39 is 0 Å². The first-order valence-corrected chi connectivity index (χ1v) is 9.10. The van der Waals surface area contributed by atoms with Gasteiger partial charge in [0, 0.05) is 12.2 Å². The van der Waals surface area contributed by atoms with Gasteiger partial charge >= 0.3 is 0 Å². The summed E-state index contributed by atoms with van der Waals surface area (Å²) in [5, 5.41) is 20.9. The Hall–Kier alpha value is -2.94. The summed E-state index contributed by atoms with van der Waals surface area (Å²) < 4.78 is 0. The molecule has 1 aromatic heterocycles. The second-order valence-corrected chi connectivity index (χ2v) is 6.30. The number of benzene rings is 1. The molecule has 1 aliphatic rings. The Labute approximate surface area is 153 Å². The Bertz CT molecular complexity index is 856. The van der Waals surface area contributed by atoms with Crippen LogP contribution in [-0.2, 0) is 24.1 Å². The number of anilines is 2. The molecule has 2 aromatic rings. The number of nitriles is 1. The Morgan fingerprint density at radius 1 is 1.27 bits per heavy atom. The lowest BCUT2D eigenvalue weighted by atomic mass is 10.0. The molecular formula is C20H23N5O. The monoisotopic (exact) mass is 349 g/mol. The Kier molecular flexibility index (Phi) is 5.47. The van der Waals surface area contributed by atoms with Crippen molar-refractivity contribution in [3.8, 4) is 6.07 Å². The number of nitrogens with zero attached hydrogens (tertiary/aromatic N) is 4. The van der Waals surface area contributed by atoms with Gasteiger partial charge in [-0.1, -0.05) is 32.0 Å². The van der Waals surface area contributed by atoms with Crippen molar-refractivity contribution in [3.63, 3.8) is 0 Å². The average Bonchev–Trinajstić information content (AvgIpc) is 2.70. The average molecular weight is 349 g/mol. The first-order valence-electron chi connectivity index (χ1n) is 9.10. The van der Waals surface area contributed by atoms with E-state index in [0.717, 1.165) is 36.2 Å². The van der Waals surface area contributed by atoms with E-state index in [1.807, 2.05) is 36.9 Å². The van der Waals surface area contributed by atoms with Crippen LogP contribution in [0.5, 0.6) is 0 Å². The van der Waals surface area contributed by atoms with Crippen molar-refractivity contribution < 1.29 is 4.79 Å². The van der Waals surface area contributed by atoms with Crippen LogP contribution in [0, 0.1) is 11.3 Å². The molecule has 0 unspecified atom stereocenters. The van der Waals surface area contributed by atoms with E-state index in [1.54, 1.807) is 0 Å². The van der Waals surface area contributed by atoms with Gasteiger partial charge in [0.2, 0.25) is 5.91 Å². The Morgan fingerprint density at radius 3 is 2.81 bits per heavy atom. The maximum atomic E-state index is 12.7. The summed E-state index contributed by atoms with van der Waals surface area (Å²) >= 11 is 0. The van der Waals surface area contributed by atoms with Crippen LogP contribution in [0.25, 0.3) is 0 Å². The quantitative estimate of drug-likeness (QED) is 0.897. The number of amides is 1. The summed E-state index contributed by atoms with van der Waals surface area (Å²) in [5.41, 5.74) is 4.42. The van der Waals surface area contributed by atoms with Gasteiger partial charge in [-0.3, -0.25) is 4.79 Å². The highest BCUT2D eigenvalue weighted by Crippen LogP contribution is 2.27. The molecule has 1 amide bonds. The van der Waals surface area contributed by atoms with E-state index in [0.29, 0.717) is 24.3 Å². The molecule has 26 heavy (non-hydrogen) atoms. The standard InChI is InChI=1S/C20H23N5O/c1-3-15-16(12-21)20(24-23-17(15)4-2)22-13-19(26)25-11-7-9-14-8-5-6-10-18(14)25/h5-6,8,10H,3-4,7,9,11,13H2,1-2H3,(H,22,24). The van der Waals surface area contributed by atoms with Gasteiger partial charge in [-0.2, -0.15) is 10.4 Å². The molecule has 0 saturated heterocycles. The van der Waals surface area contributed by atoms with Gasteiger partial charge in [0.25, 0.3) is 0 Å². The first-order chi connectivity index (χ1) is 12.7. The number of hydrogen-bond donors (Lipinski definition) is 1. The third-order valence-electron chi connectivity index (χ3n) is 4.78. The maximum absolute atomic E-state index is 12.7. The van der Waals surface area contributed by atoms with Gasteiger partial charge in [0.1, 0.15) is 11.6 Å². The van der Waals surface area contributed by atoms with Crippen molar-refractivity contribution in [1.29, 1.82) is 5.26 Å². The van der Waals surface area contributed by atoms with Crippen molar-refractivity contribution in [2.75, 3.05) is 23.3 Å². The molecule has 1 N–H and O–H groups in total. The number of hydrogen-bond acceptors (Lipinski definition) is 5. The van der Waals surface area contributed by atoms with Gasteiger partial charge in [-0.05, 0) is 42.9 Å². The summed E-state index contributed by atoms with van der Waals surface area (Å²) in [6.07, 6.45) is 3.39. The Balaban J connectivity index is 1.78. The van der Waals surface area contributed by atoms with Gasteiger partial charge in [-0.25, -0.2) is 0 Å². The Morgan fingerprint density at radius 2 is 2.08 bits per heavy atom. The highest BCUT2D eigenvalue weighted by atomic mass is 16.2. The molecular weight excluding hydrogens is 326 g/mol. The number of nitrogens with one attached hydrogen (secondary N) is 1. The lowest BCUT2D eigenvalue weighted by Gasteiger charge is -2.29. The molecule has 0 fully saturated rings. The molecule has 1 aromatic carbocycles. The van der Waals surface area contributed by atoms with Crippen LogP contribution in [0.3, 0.4) is 0 Å². The van der Waals surface area contributed by atoms with Crippen LogP contribution in [0.4, 0.5) is 11.5 Å². The van der Waals surface area contributed by atoms with E-state index in [4.69, 9.17) is 0 Å². The van der Waals surface area contributed by atoms with E-state index >= 15 is 0 Å². The van der Waals surface area contributed by atoms with Gasteiger partial charge in [-0.15, -0.1) is 5.10 Å². The summed E-state index contributed by atoms with van der Waals surface area (Å²) in [7, 11) is 0. The fraction of sp³-hybridized carbons (Fsp3) is 0.400.